The first-order valence-corrected chi connectivity index (χ1v) is 8.70. The minimum absolute atomic E-state index is 0.167. The second kappa shape index (κ2) is 7.16. The molecular weight excluding hydrogens is 290 g/mol. The van der Waals surface area contributed by atoms with Crippen molar-refractivity contribution in [3.05, 3.63) is 35.9 Å². The minimum Gasteiger partial charge on any atom is -0.455 e. The molecule has 4 heteroatoms. The van der Waals surface area contributed by atoms with Crippen molar-refractivity contribution in [3.8, 4) is 0 Å². The highest BCUT2D eigenvalue weighted by Gasteiger charge is 2.52. The summed E-state index contributed by atoms with van der Waals surface area (Å²) in [7, 11) is 0. The van der Waals surface area contributed by atoms with Gasteiger partial charge in [-0.1, -0.05) is 49.6 Å². The Morgan fingerprint density at radius 3 is 2.43 bits per heavy atom. The first-order chi connectivity index (χ1) is 11.2. The predicted octanol–water partition coefficient (Wildman–Crippen LogP) is 2.96. The summed E-state index contributed by atoms with van der Waals surface area (Å²) < 4.78 is 5.27. The van der Waals surface area contributed by atoms with Gasteiger partial charge in [0.1, 0.15) is 0 Å². The average Bonchev–Trinajstić information content (AvgIpc) is 3.41. The van der Waals surface area contributed by atoms with Crippen LogP contribution in [0.4, 0.5) is 0 Å². The molecule has 0 atom stereocenters. The van der Waals surface area contributed by atoms with E-state index in [1.165, 1.54) is 32.1 Å². The lowest BCUT2D eigenvalue weighted by atomic mass is 9.89. The number of amides is 1. The summed E-state index contributed by atoms with van der Waals surface area (Å²) in [5.74, 6) is 0.131. The zero-order valence-corrected chi connectivity index (χ0v) is 13.6. The van der Waals surface area contributed by atoms with Gasteiger partial charge in [0.05, 0.1) is 5.41 Å². The van der Waals surface area contributed by atoms with Gasteiger partial charge in [0, 0.05) is 6.54 Å². The maximum Gasteiger partial charge on any atom is 0.317 e. The Hall–Kier alpha value is -1.84. The highest BCUT2D eigenvalue weighted by molar-refractivity contribution is 5.88. The van der Waals surface area contributed by atoms with E-state index in [9.17, 15) is 9.59 Å². The van der Waals surface area contributed by atoms with Crippen LogP contribution in [-0.2, 0) is 19.7 Å². The van der Waals surface area contributed by atoms with Crippen LogP contribution in [-0.4, -0.2) is 25.0 Å². The number of nitrogens with one attached hydrogen (secondary N) is 1. The van der Waals surface area contributed by atoms with Crippen molar-refractivity contribution in [1.29, 1.82) is 0 Å². The number of carbonyl (C=O) groups is 2. The molecule has 1 amide bonds. The molecule has 1 aromatic carbocycles. The van der Waals surface area contributed by atoms with Gasteiger partial charge in [-0.05, 0) is 37.2 Å². The van der Waals surface area contributed by atoms with Crippen LogP contribution in [0.1, 0.15) is 50.5 Å². The molecule has 124 valence electrons. The quantitative estimate of drug-likeness (QED) is 0.821. The fraction of sp³-hybridized carbons (Fsp3) is 0.579. The van der Waals surface area contributed by atoms with Crippen molar-refractivity contribution in [2.45, 2.75) is 50.4 Å². The first kappa shape index (κ1) is 16.0. The third kappa shape index (κ3) is 3.92. The summed E-state index contributed by atoms with van der Waals surface area (Å²) in [4.78, 5) is 24.2. The van der Waals surface area contributed by atoms with Gasteiger partial charge in [-0.3, -0.25) is 9.59 Å². The Kier molecular flexibility index (Phi) is 4.99. The van der Waals surface area contributed by atoms with Crippen LogP contribution in [0.2, 0.25) is 0 Å². The van der Waals surface area contributed by atoms with Crippen molar-refractivity contribution in [1.82, 2.24) is 5.32 Å². The van der Waals surface area contributed by atoms with Gasteiger partial charge in [0.25, 0.3) is 5.91 Å². The van der Waals surface area contributed by atoms with Gasteiger partial charge in [-0.15, -0.1) is 0 Å². The smallest absolute Gasteiger partial charge is 0.317 e. The van der Waals surface area contributed by atoms with E-state index in [1.54, 1.807) is 0 Å². The second-order valence-corrected chi connectivity index (χ2v) is 6.83. The molecule has 2 aliphatic rings. The maximum atomic E-state index is 12.3. The number of hydrogen-bond donors (Lipinski definition) is 1. The normalized spacial score (nSPS) is 19.8. The van der Waals surface area contributed by atoms with Crippen LogP contribution in [0.15, 0.2) is 30.3 Å². The molecule has 0 aromatic heterocycles. The molecule has 0 spiro atoms. The van der Waals surface area contributed by atoms with Crippen molar-refractivity contribution < 1.29 is 14.3 Å². The van der Waals surface area contributed by atoms with Crippen molar-refractivity contribution in [3.63, 3.8) is 0 Å². The molecule has 2 aliphatic carbocycles. The highest BCUT2D eigenvalue weighted by atomic mass is 16.5. The lowest BCUT2D eigenvalue weighted by molar-refractivity contribution is -0.151. The van der Waals surface area contributed by atoms with Gasteiger partial charge in [-0.2, -0.15) is 0 Å². The number of ether oxygens (including phenoxy) is 1. The summed E-state index contributed by atoms with van der Waals surface area (Å²) in [5.41, 5.74) is 0.484. The van der Waals surface area contributed by atoms with E-state index < -0.39 is 5.41 Å². The van der Waals surface area contributed by atoms with Gasteiger partial charge in [0.2, 0.25) is 0 Å². The number of benzene rings is 1. The monoisotopic (exact) mass is 315 g/mol. The highest BCUT2D eigenvalue weighted by Crippen LogP contribution is 2.49. The Morgan fingerprint density at radius 2 is 1.78 bits per heavy atom. The van der Waals surface area contributed by atoms with Gasteiger partial charge < -0.3 is 10.1 Å². The number of carbonyl (C=O) groups excluding carboxylic acids is 2. The average molecular weight is 315 g/mol. The zero-order valence-electron chi connectivity index (χ0n) is 13.6. The van der Waals surface area contributed by atoms with Gasteiger partial charge in [-0.25, -0.2) is 0 Å². The molecule has 2 saturated carbocycles. The Balaban J connectivity index is 1.43. The van der Waals surface area contributed by atoms with E-state index >= 15 is 0 Å². The fourth-order valence-electron chi connectivity index (χ4n) is 3.46. The van der Waals surface area contributed by atoms with E-state index in [0.717, 1.165) is 18.4 Å². The second-order valence-electron chi connectivity index (χ2n) is 6.83. The van der Waals surface area contributed by atoms with Gasteiger partial charge in [0.15, 0.2) is 6.61 Å². The molecular formula is C19H25NO3. The van der Waals surface area contributed by atoms with Crippen molar-refractivity contribution >= 4 is 11.9 Å². The van der Waals surface area contributed by atoms with Crippen molar-refractivity contribution in [2.75, 3.05) is 13.2 Å². The Bertz CT molecular complexity index is 545. The summed E-state index contributed by atoms with van der Waals surface area (Å²) in [5, 5.41) is 2.90. The lowest BCUT2D eigenvalue weighted by Gasteiger charge is -2.21. The van der Waals surface area contributed by atoms with Crippen molar-refractivity contribution in [2.24, 2.45) is 5.92 Å². The summed E-state index contributed by atoms with van der Waals surface area (Å²) in [6.45, 7) is 0.542. The van der Waals surface area contributed by atoms with E-state index in [-0.39, 0.29) is 18.5 Å². The minimum atomic E-state index is -0.509. The van der Waals surface area contributed by atoms with Crippen LogP contribution >= 0.6 is 0 Å². The summed E-state index contributed by atoms with van der Waals surface area (Å²) >= 11 is 0. The molecule has 3 rings (SSSR count). The molecule has 0 aliphatic heterocycles. The van der Waals surface area contributed by atoms with E-state index in [0.29, 0.717) is 12.5 Å². The van der Waals surface area contributed by atoms with E-state index in [2.05, 4.69) is 5.32 Å². The third-order valence-corrected chi connectivity index (χ3v) is 5.11. The Labute approximate surface area is 137 Å². The number of esters is 1. The molecule has 23 heavy (non-hydrogen) atoms. The molecule has 0 saturated heterocycles. The molecule has 1 aromatic rings. The molecule has 1 N–H and O–H groups in total. The fourth-order valence-corrected chi connectivity index (χ4v) is 3.46. The van der Waals surface area contributed by atoms with Crippen LogP contribution in [0, 0.1) is 5.92 Å². The van der Waals surface area contributed by atoms with Crippen LogP contribution < -0.4 is 5.32 Å². The molecule has 0 bridgehead atoms. The SMILES string of the molecule is O=C(COC(=O)C1(c2ccccc2)CC1)NCC1CCCCC1. The van der Waals surface area contributed by atoms with E-state index in [4.69, 9.17) is 4.74 Å². The first-order valence-electron chi connectivity index (χ1n) is 8.70. The largest absolute Gasteiger partial charge is 0.455 e. The topological polar surface area (TPSA) is 55.4 Å². The zero-order chi connectivity index (χ0) is 16.1. The van der Waals surface area contributed by atoms with Crippen LogP contribution in [0.3, 0.4) is 0 Å². The van der Waals surface area contributed by atoms with Crippen LogP contribution in [0.5, 0.6) is 0 Å². The lowest BCUT2D eigenvalue weighted by Crippen LogP contribution is -2.35. The molecule has 4 nitrogen and oxygen atoms in total. The number of rotatable bonds is 6. The molecule has 0 heterocycles. The van der Waals surface area contributed by atoms with Crippen LogP contribution in [0.25, 0.3) is 0 Å². The maximum absolute atomic E-state index is 12.3. The third-order valence-electron chi connectivity index (χ3n) is 5.11. The molecule has 2 fully saturated rings. The molecule has 0 unspecified atom stereocenters. The van der Waals surface area contributed by atoms with E-state index in [1.807, 2.05) is 30.3 Å². The summed E-state index contributed by atoms with van der Waals surface area (Å²) in [6, 6.07) is 9.71. The summed E-state index contributed by atoms with van der Waals surface area (Å²) in [6.07, 6.45) is 7.82. The molecule has 0 radical (unpaired) electrons. The van der Waals surface area contributed by atoms with Gasteiger partial charge >= 0.3 is 5.97 Å². The standard InChI is InChI=1S/C19H25NO3/c21-17(20-13-15-7-3-1-4-8-15)14-23-18(22)19(11-12-19)16-9-5-2-6-10-16/h2,5-6,9-10,15H,1,3-4,7-8,11-14H2,(H,20,21). The number of hydrogen-bond acceptors (Lipinski definition) is 3. The Morgan fingerprint density at radius 1 is 1.09 bits per heavy atom. The predicted molar refractivity (Wildman–Crippen MR) is 87.9 cm³/mol.